The smallest absolute Gasteiger partial charge is 0.290 e. The zero-order valence-electron chi connectivity index (χ0n) is 12.5. The number of halogens is 1. The lowest BCUT2D eigenvalue weighted by Gasteiger charge is -2.13. The summed E-state index contributed by atoms with van der Waals surface area (Å²) in [5.41, 5.74) is 0.827. The van der Waals surface area contributed by atoms with Crippen LogP contribution < -0.4 is 0 Å². The van der Waals surface area contributed by atoms with Crippen molar-refractivity contribution >= 4 is 55.8 Å². The van der Waals surface area contributed by atoms with Crippen LogP contribution in [0.2, 0.25) is 4.34 Å². The van der Waals surface area contributed by atoms with E-state index in [0.29, 0.717) is 10.9 Å². The summed E-state index contributed by atoms with van der Waals surface area (Å²) >= 11 is 7.90. The summed E-state index contributed by atoms with van der Waals surface area (Å²) < 4.78 is 29.2. The van der Waals surface area contributed by atoms with E-state index in [9.17, 15) is 13.2 Å². The monoisotopic (exact) mass is 400 g/mol. The van der Waals surface area contributed by atoms with Crippen LogP contribution in [0.1, 0.15) is 17.7 Å². The number of hydrogen-bond donors (Lipinski definition) is 0. The van der Waals surface area contributed by atoms with Crippen LogP contribution in [0.25, 0.3) is 0 Å². The standard InChI is InChI=1S/C15H13ClN2O3S3/c1-2-18-14(19)13(10-6-4-3-5-7-10)23-15(18)17-24(20,21)12-9-8-11(16)22-12/h3-9,13H,2H2,1H3/t13-/m1/s1. The summed E-state index contributed by atoms with van der Waals surface area (Å²) in [6.07, 6.45) is 0. The van der Waals surface area contributed by atoms with Gasteiger partial charge in [-0.25, -0.2) is 0 Å². The maximum Gasteiger partial charge on any atom is 0.294 e. The summed E-state index contributed by atoms with van der Waals surface area (Å²) in [6, 6.07) is 12.2. The van der Waals surface area contributed by atoms with Gasteiger partial charge >= 0.3 is 0 Å². The average Bonchev–Trinajstić information content (AvgIpc) is 3.12. The zero-order valence-corrected chi connectivity index (χ0v) is 15.8. The van der Waals surface area contributed by atoms with Crippen molar-refractivity contribution in [2.24, 2.45) is 4.40 Å². The second-order valence-electron chi connectivity index (χ2n) is 4.90. The number of carbonyl (C=O) groups excluding carboxylic acids is 1. The number of likely N-dealkylation sites (N-methyl/N-ethyl adjacent to an activating group) is 1. The third-order valence-corrected chi connectivity index (χ3v) is 7.68. The molecule has 0 aliphatic carbocycles. The molecule has 1 aromatic heterocycles. The predicted molar refractivity (Wildman–Crippen MR) is 98.1 cm³/mol. The summed E-state index contributed by atoms with van der Waals surface area (Å²) in [5.74, 6) is -0.160. The van der Waals surface area contributed by atoms with Gasteiger partial charge in [0.05, 0.1) is 4.34 Å². The second kappa shape index (κ2) is 6.87. The van der Waals surface area contributed by atoms with Crippen LogP contribution in [0.3, 0.4) is 0 Å². The van der Waals surface area contributed by atoms with Gasteiger partial charge in [0.2, 0.25) is 5.91 Å². The van der Waals surface area contributed by atoms with Crippen LogP contribution in [0.15, 0.2) is 51.1 Å². The predicted octanol–water partition coefficient (Wildman–Crippen LogP) is 3.78. The highest BCUT2D eigenvalue weighted by molar-refractivity contribution is 8.15. The molecule has 126 valence electrons. The SMILES string of the molecule is CCN1C(=O)[C@@H](c2ccccc2)SC1=NS(=O)(=O)c1ccc(Cl)s1. The van der Waals surface area contributed by atoms with Crippen LogP contribution >= 0.6 is 34.7 Å². The molecule has 0 unspecified atom stereocenters. The molecular formula is C15H13ClN2O3S3. The van der Waals surface area contributed by atoms with E-state index in [1.165, 1.54) is 17.0 Å². The third kappa shape index (κ3) is 3.37. The number of hydrogen-bond acceptors (Lipinski definition) is 5. The molecule has 2 aromatic rings. The van der Waals surface area contributed by atoms with Gasteiger partial charge in [-0.2, -0.15) is 8.42 Å². The minimum atomic E-state index is -3.89. The van der Waals surface area contributed by atoms with Crippen molar-refractivity contribution in [2.75, 3.05) is 6.54 Å². The van der Waals surface area contributed by atoms with E-state index >= 15 is 0 Å². The Hall–Kier alpha value is -1.35. The summed E-state index contributed by atoms with van der Waals surface area (Å²) in [6.45, 7) is 2.14. The fourth-order valence-electron chi connectivity index (χ4n) is 2.24. The highest BCUT2D eigenvalue weighted by atomic mass is 35.5. The van der Waals surface area contributed by atoms with E-state index in [-0.39, 0.29) is 15.3 Å². The highest BCUT2D eigenvalue weighted by Gasteiger charge is 2.39. The highest BCUT2D eigenvalue weighted by Crippen LogP contribution is 2.40. The van der Waals surface area contributed by atoms with E-state index in [4.69, 9.17) is 11.6 Å². The topological polar surface area (TPSA) is 66.8 Å². The molecule has 1 saturated heterocycles. The Kier molecular flexibility index (Phi) is 5.00. The first-order chi connectivity index (χ1) is 11.4. The van der Waals surface area contributed by atoms with Crippen LogP contribution in [0, 0.1) is 0 Å². The molecule has 0 spiro atoms. The molecule has 0 saturated carbocycles. The van der Waals surface area contributed by atoms with Crippen LogP contribution in [-0.2, 0) is 14.8 Å². The molecule has 0 bridgehead atoms. The Balaban J connectivity index is 1.97. The number of nitrogens with zero attached hydrogens (tertiary/aromatic N) is 2. The number of sulfonamides is 1. The van der Waals surface area contributed by atoms with Crippen molar-refractivity contribution in [1.29, 1.82) is 0 Å². The van der Waals surface area contributed by atoms with Gasteiger partial charge in [0, 0.05) is 6.54 Å². The molecule has 24 heavy (non-hydrogen) atoms. The van der Waals surface area contributed by atoms with Crippen molar-refractivity contribution in [3.05, 3.63) is 52.4 Å². The minimum Gasteiger partial charge on any atom is -0.290 e. The molecule has 1 aromatic carbocycles. The average molecular weight is 401 g/mol. The lowest BCUT2D eigenvalue weighted by Crippen LogP contribution is -2.30. The third-order valence-electron chi connectivity index (χ3n) is 3.36. The van der Waals surface area contributed by atoms with Gasteiger partial charge in [0.1, 0.15) is 9.46 Å². The second-order valence-corrected chi connectivity index (χ2v) is 9.52. The first-order valence-electron chi connectivity index (χ1n) is 7.05. The molecule has 0 N–H and O–H groups in total. The van der Waals surface area contributed by atoms with Crippen LogP contribution in [0.4, 0.5) is 0 Å². The van der Waals surface area contributed by atoms with E-state index < -0.39 is 15.3 Å². The molecule has 5 nitrogen and oxygen atoms in total. The van der Waals surface area contributed by atoms with Crippen LogP contribution in [-0.4, -0.2) is 30.9 Å². The molecule has 9 heteroatoms. The first-order valence-corrected chi connectivity index (χ1v) is 10.6. The van der Waals surface area contributed by atoms with Gasteiger partial charge < -0.3 is 0 Å². The van der Waals surface area contributed by atoms with Gasteiger partial charge in [-0.05, 0) is 24.6 Å². The number of thiophene rings is 1. The van der Waals surface area contributed by atoms with Crippen molar-refractivity contribution in [3.8, 4) is 0 Å². The quantitative estimate of drug-likeness (QED) is 0.783. The molecule has 1 atom stereocenters. The van der Waals surface area contributed by atoms with Crippen molar-refractivity contribution < 1.29 is 13.2 Å². The maximum absolute atomic E-state index is 12.6. The Bertz CT molecular complexity index is 894. The van der Waals surface area contributed by atoms with Crippen molar-refractivity contribution in [1.82, 2.24) is 4.90 Å². The Labute approximate surface area is 153 Å². The summed E-state index contributed by atoms with van der Waals surface area (Å²) in [7, 11) is -3.89. The fourth-order valence-corrected chi connectivity index (χ4v) is 6.14. The molecule has 0 radical (unpaired) electrons. The van der Waals surface area contributed by atoms with Gasteiger partial charge in [-0.3, -0.25) is 9.69 Å². The zero-order chi connectivity index (χ0) is 17.3. The largest absolute Gasteiger partial charge is 0.294 e. The Morgan fingerprint density at radius 2 is 1.92 bits per heavy atom. The van der Waals surface area contributed by atoms with Crippen molar-refractivity contribution in [2.45, 2.75) is 16.4 Å². The van der Waals surface area contributed by atoms with E-state index in [2.05, 4.69) is 4.40 Å². The van der Waals surface area contributed by atoms with E-state index in [1.807, 2.05) is 30.3 Å². The van der Waals surface area contributed by atoms with E-state index in [1.54, 1.807) is 6.92 Å². The molecule has 3 rings (SSSR count). The van der Waals surface area contributed by atoms with Gasteiger partial charge in [-0.15, -0.1) is 15.7 Å². The minimum absolute atomic E-state index is 0.0623. The lowest BCUT2D eigenvalue weighted by atomic mass is 10.1. The normalized spacial score (nSPS) is 20.1. The van der Waals surface area contributed by atoms with Gasteiger partial charge in [0.25, 0.3) is 10.0 Å². The maximum atomic E-state index is 12.6. The molecular weight excluding hydrogens is 388 g/mol. The Morgan fingerprint density at radius 1 is 1.21 bits per heavy atom. The first kappa shape index (κ1) is 17.5. The molecule has 1 aliphatic heterocycles. The molecule has 2 heterocycles. The number of amides is 1. The fraction of sp³-hybridized carbons (Fsp3) is 0.200. The number of carbonyl (C=O) groups is 1. The van der Waals surface area contributed by atoms with E-state index in [0.717, 1.165) is 28.7 Å². The number of rotatable bonds is 4. The van der Waals surface area contributed by atoms with Gasteiger partial charge in [-0.1, -0.05) is 53.7 Å². The number of thioether (sulfide) groups is 1. The lowest BCUT2D eigenvalue weighted by molar-refractivity contribution is -0.126. The molecule has 1 fully saturated rings. The summed E-state index contributed by atoms with van der Waals surface area (Å²) in [4.78, 5) is 14.0. The summed E-state index contributed by atoms with van der Waals surface area (Å²) in [5, 5.41) is -0.284. The molecule has 1 aliphatic rings. The van der Waals surface area contributed by atoms with Gasteiger partial charge in [0.15, 0.2) is 5.17 Å². The van der Waals surface area contributed by atoms with Crippen LogP contribution in [0.5, 0.6) is 0 Å². The number of amidine groups is 1. The number of benzene rings is 1. The molecule has 1 amide bonds. The Morgan fingerprint density at radius 3 is 2.50 bits per heavy atom. The van der Waals surface area contributed by atoms with Crippen molar-refractivity contribution in [3.63, 3.8) is 0 Å².